The third-order valence-corrected chi connectivity index (χ3v) is 1.86. The fourth-order valence-electron chi connectivity index (χ4n) is 0.857. The second-order valence-corrected chi connectivity index (χ2v) is 3.20. The molecule has 0 aromatic rings. The maximum absolute atomic E-state index is 11.2. The van der Waals surface area contributed by atoms with E-state index in [0.717, 1.165) is 19.4 Å². The van der Waals surface area contributed by atoms with Crippen LogP contribution in [0.4, 0.5) is 0 Å². The maximum atomic E-state index is 11.2. The van der Waals surface area contributed by atoms with Crippen molar-refractivity contribution in [1.82, 2.24) is 10.6 Å². The minimum absolute atomic E-state index is 0.0615. The number of hydrogen-bond donors (Lipinski definition) is 3. The van der Waals surface area contributed by atoms with E-state index >= 15 is 0 Å². The molecule has 0 aliphatic rings. The van der Waals surface area contributed by atoms with Gasteiger partial charge in [-0.3, -0.25) is 4.79 Å². The number of nitrogens with two attached hydrogens (primary N) is 1. The van der Waals surface area contributed by atoms with Gasteiger partial charge in [0.25, 0.3) is 0 Å². The smallest absolute Gasteiger partial charge is 0.234 e. The standard InChI is InChI=1S/C9H21N3O/c1-3-8(2)12-9(13)7-11-6-4-5-10/h8,11H,3-7,10H2,1-2H3,(H,12,13)/t8-/m0/s1. The van der Waals surface area contributed by atoms with Gasteiger partial charge in [0.1, 0.15) is 0 Å². The van der Waals surface area contributed by atoms with Crippen molar-refractivity contribution >= 4 is 5.91 Å². The summed E-state index contributed by atoms with van der Waals surface area (Å²) in [6, 6.07) is 0.267. The third kappa shape index (κ3) is 7.74. The molecule has 78 valence electrons. The van der Waals surface area contributed by atoms with Crippen LogP contribution in [0.5, 0.6) is 0 Å². The second-order valence-electron chi connectivity index (χ2n) is 3.20. The van der Waals surface area contributed by atoms with Crippen LogP contribution in [0.2, 0.25) is 0 Å². The second kappa shape index (κ2) is 8.01. The van der Waals surface area contributed by atoms with Crippen LogP contribution in [0.3, 0.4) is 0 Å². The number of rotatable bonds is 7. The summed E-state index contributed by atoms with van der Waals surface area (Å²) in [5.74, 6) is 0.0615. The molecule has 0 saturated carbocycles. The lowest BCUT2D eigenvalue weighted by Crippen LogP contribution is -2.39. The summed E-state index contributed by atoms with van der Waals surface area (Å²) >= 11 is 0. The molecule has 0 fully saturated rings. The maximum Gasteiger partial charge on any atom is 0.234 e. The number of nitrogens with one attached hydrogen (secondary N) is 2. The first-order valence-electron chi connectivity index (χ1n) is 4.90. The molecule has 4 nitrogen and oxygen atoms in total. The van der Waals surface area contributed by atoms with Crippen LogP contribution >= 0.6 is 0 Å². The Bertz CT molecular complexity index is 139. The van der Waals surface area contributed by atoms with Gasteiger partial charge in [-0.05, 0) is 32.9 Å². The molecular formula is C9H21N3O. The Hall–Kier alpha value is -0.610. The van der Waals surface area contributed by atoms with E-state index in [1.807, 2.05) is 13.8 Å². The Labute approximate surface area is 80.3 Å². The first kappa shape index (κ1) is 12.4. The number of carbonyl (C=O) groups is 1. The molecule has 0 heterocycles. The van der Waals surface area contributed by atoms with E-state index in [9.17, 15) is 4.79 Å². The summed E-state index contributed by atoms with van der Waals surface area (Å²) in [7, 11) is 0. The monoisotopic (exact) mass is 187 g/mol. The molecule has 0 bridgehead atoms. The predicted octanol–water partition coefficient (Wildman–Crippen LogP) is -0.160. The number of hydrogen-bond acceptors (Lipinski definition) is 3. The molecule has 0 aliphatic heterocycles. The zero-order valence-corrected chi connectivity index (χ0v) is 8.60. The predicted molar refractivity (Wildman–Crippen MR) is 54.4 cm³/mol. The van der Waals surface area contributed by atoms with Gasteiger partial charge in [0.15, 0.2) is 0 Å². The van der Waals surface area contributed by atoms with Gasteiger partial charge in [-0.1, -0.05) is 6.92 Å². The van der Waals surface area contributed by atoms with Crippen LogP contribution in [0, 0.1) is 0 Å². The van der Waals surface area contributed by atoms with Gasteiger partial charge in [-0.25, -0.2) is 0 Å². The summed E-state index contributed by atoms with van der Waals surface area (Å²) in [6.45, 7) is 5.92. The molecule has 0 aromatic carbocycles. The van der Waals surface area contributed by atoms with Crippen LogP contribution in [-0.2, 0) is 4.79 Å². The van der Waals surface area contributed by atoms with E-state index < -0.39 is 0 Å². The Morgan fingerprint density at radius 1 is 1.54 bits per heavy atom. The Kier molecular flexibility index (Phi) is 7.63. The van der Waals surface area contributed by atoms with E-state index in [1.54, 1.807) is 0 Å². The van der Waals surface area contributed by atoms with Crippen molar-refractivity contribution in [3.63, 3.8) is 0 Å². The molecule has 0 rings (SSSR count). The zero-order chi connectivity index (χ0) is 10.1. The molecule has 0 aliphatic carbocycles. The molecule has 1 amide bonds. The molecule has 4 N–H and O–H groups in total. The molecule has 0 aromatic heterocycles. The van der Waals surface area contributed by atoms with Crippen molar-refractivity contribution in [1.29, 1.82) is 0 Å². The normalized spacial score (nSPS) is 12.5. The highest BCUT2D eigenvalue weighted by Gasteiger charge is 2.03. The molecule has 0 spiro atoms. The summed E-state index contributed by atoms with van der Waals surface area (Å²) in [5.41, 5.74) is 5.31. The highest BCUT2D eigenvalue weighted by Crippen LogP contribution is 1.86. The van der Waals surface area contributed by atoms with Crippen LogP contribution in [0.15, 0.2) is 0 Å². The Balaban J connectivity index is 3.30. The van der Waals surface area contributed by atoms with E-state index in [-0.39, 0.29) is 11.9 Å². The van der Waals surface area contributed by atoms with Gasteiger partial charge in [0.05, 0.1) is 6.54 Å². The third-order valence-electron chi connectivity index (χ3n) is 1.86. The van der Waals surface area contributed by atoms with Crippen molar-refractivity contribution in [3.8, 4) is 0 Å². The molecule has 0 saturated heterocycles. The molecule has 13 heavy (non-hydrogen) atoms. The summed E-state index contributed by atoms with van der Waals surface area (Å²) in [5, 5.41) is 5.90. The number of carbonyl (C=O) groups excluding carboxylic acids is 1. The first-order valence-corrected chi connectivity index (χ1v) is 4.90. The summed E-state index contributed by atoms with van der Waals surface area (Å²) < 4.78 is 0. The van der Waals surface area contributed by atoms with Gasteiger partial charge < -0.3 is 16.4 Å². The Morgan fingerprint density at radius 2 is 2.23 bits per heavy atom. The van der Waals surface area contributed by atoms with Crippen LogP contribution in [0.25, 0.3) is 0 Å². The average molecular weight is 187 g/mol. The van der Waals surface area contributed by atoms with Crippen LogP contribution in [0.1, 0.15) is 26.7 Å². The average Bonchev–Trinajstić information content (AvgIpc) is 2.12. The van der Waals surface area contributed by atoms with Crippen LogP contribution in [-0.4, -0.2) is 31.6 Å². The first-order chi connectivity index (χ1) is 6.20. The fourth-order valence-corrected chi connectivity index (χ4v) is 0.857. The lowest BCUT2D eigenvalue weighted by Gasteiger charge is -2.11. The molecular weight excluding hydrogens is 166 g/mol. The molecule has 0 radical (unpaired) electrons. The van der Waals surface area contributed by atoms with Crippen molar-refractivity contribution in [2.45, 2.75) is 32.7 Å². The van der Waals surface area contributed by atoms with Gasteiger partial charge >= 0.3 is 0 Å². The van der Waals surface area contributed by atoms with E-state index in [1.165, 1.54) is 0 Å². The van der Waals surface area contributed by atoms with Crippen molar-refractivity contribution in [2.75, 3.05) is 19.6 Å². The molecule has 4 heteroatoms. The van der Waals surface area contributed by atoms with Crippen LogP contribution < -0.4 is 16.4 Å². The SMILES string of the molecule is CC[C@H](C)NC(=O)CNCCCN. The highest BCUT2D eigenvalue weighted by molar-refractivity contribution is 5.78. The van der Waals surface area contributed by atoms with E-state index in [2.05, 4.69) is 10.6 Å². The summed E-state index contributed by atoms with van der Waals surface area (Å²) in [4.78, 5) is 11.2. The molecule has 1 atom stereocenters. The van der Waals surface area contributed by atoms with E-state index in [0.29, 0.717) is 13.1 Å². The highest BCUT2D eigenvalue weighted by atomic mass is 16.1. The van der Waals surface area contributed by atoms with Gasteiger partial charge in [0, 0.05) is 6.04 Å². The van der Waals surface area contributed by atoms with Crippen molar-refractivity contribution in [3.05, 3.63) is 0 Å². The minimum atomic E-state index is 0.0615. The Morgan fingerprint density at radius 3 is 2.77 bits per heavy atom. The lowest BCUT2D eigenvalue weighted by atomic mass is 10.2. The van der Waals surface area contributed by atoms with Gasteiger partial charge in [-0.15, -0.1) is 0 Å². The quantitative estimate of drug-likeness (QED) is 0.485. The fraction of sp³-hybridized carbons (Fsp3) is 0.889. The zero-order valence-electron chi connectivity index (χ0n) is 8.60. The van der Waals surface area contributed by atoms with Gasteiger partial charge in [0.2, 0.25) is 5.91 Å². The number of amides is 1. The molecule has 0 unspecified atom stereocenters. The van der Waals surface area contributed by atoms with E-state index in [4.69, 9.17) is 5.73 Å². The largest absolute Gasteiger partial charge is 0.353 e. The van der Waals surface area contributed by atoms with Crippen molar-refractivity contribution in [2.24, 2.45) is 5.73 Å². The minimum Gasteiger partial charge on any atom is -0.353 e. The summed E-state index contributed by atoms with van der Waals surface area (Å²) in [6.07, 6.45) is 1.88. The van der Waals surface area contributed by atoms with Gasteiger partial charge in [-0.2, -0.15) is 0 Å². The topological polar surface area (TPSA) is 67.2 Å². The lowest BCUT2D eigenvalue weighted by molar-refractivity contribution is -0.120. The van der Waals surface area contributed by atoms with Crippen molar-refractivity contribution < 1.29 is 4.79 Å².